The molecule has 0 unspecified atom stereocenters. The molecule has 130 valence electrons. The van der Waals surface area contributed by atoms with Crippen LogP contribution in [0.1, 0.15) is 21.6 Å². The van der Waals surface area contributed by atoms with Crippen molar-refractivity contribution in [1.82, 2.24) is 14.0 Å². The highest BCUT2D eigenvalue weighted by Crippen LogP contribution is 2.32. The summed E-state index contributed by atoms with van der Waals surface area (Å²) >= 11 is 1.06. The number of aryl methyl sites for hydroxylation is 1. The standard InChI is InChI=1S/C14H15F3N4O2S/c1-8-4-5-9(14(15,16)17)6-10(8)18-13-19-11(7-23-13)12(22)20-24-21(2)3/h4-7H,1-3H3,(H,18,19)(H,20,22). The number of hydrogen-bond donors (Lipinski definition) is 2. The minimum atomic E-state index is -4.45. The number of aromatic nitrogens is 1. The highest BCUT2D eigenvalue weighted by Gasteiger charge is 2.30. The van der Waals surface area contributed by atoms with Crippen molar-refractivity contribution in [3.63, 3.8) is 0 Å². The lowest BCUT2D eigenvalue weighted by Crippen LogP contribution is -2.20. The molecule has 1 aromatic heterocycles. The van der Waals surface area contributed by atoms with E-state index < -0.39 is 17.6 Å². The van der Waals surface area contributed by atoms with E-state index in [-0.39, 0.29) is 17.4 Å². The van der Waals surface area contributed by atoms with Crippen molar-refractivity contribution >= 4 is 29.7 Å². The Hall–Kier alpha value is -2.20. The lowest BCUT2D eigenvalue weighted by molar-refractivity contribution is -0.137. The number of nitrogens with zero attached hydrogens (tertiary/aromatic N) is 2. The van der Waals surface area contributed by atoms with Crippen LogP contribution >= 0.6 is 12.1 Å². The van der Waals surface area contributed by atoms with Crippen LogP contribution in [0.25, 0.3) is 0 Å². The Morgan fingerprint density at radius 1 is 1.33 bits per heavy atom. The average Bonchev–Trinajstić information content (AvgIpc) is 2.94. The number of halogens is 3. The van der Waals surface area contributed by atoms with Crippen LogP contribution in [0.5, 0.6) is 0 Å². The number of nitrogens with one attached hydrogen (secondary N) is 2. The second-order valence-corrected chi connectivity index (χ2v) is 6.14. The average molecular weight is 360 g/mol. The van der Waals surface area contributed by atoms with E-state index in [0.29, 0.717) is 5.56 Å². The van der Waals surface area contributed by atoms with Gasteiger partial charge >= 0.3 is 6.18 Å². The largest absolute Gasteiger partial charge is 0.431 e. The normalized spacial score (nSPS) is 11.6. The lowest BCUT2D eigenvalue weighted by atomic mass is 10.1. The van der Waals surface area contributed by atoms with Crippen molar-refractivity contribution in [3.8, 4) is 0 Å². The van der Waals surface area contributed by atoms with Crippen LogP contribution in [-0.4, -0.2) is 29.3 Å². The van der Waals surface area contributed by atoms with Gasteiger partial charge in [0.1, 0.15) is 6.26 Å². The first kappa shape index (κ1) is 18.1. The van der Waals surface area contributed by atoms with Gasteiger partial charge in [0.05, 0.1) is 5.56 Å². The number of anilines is 2. The zero-order valence-corrected chi connectivity index (χ0v) is 13.9. The zero-order valence-electron chi connectivity index (χ0n) is 13.1. The van der Waals surface area contributed by atoms with Gasteiger partial charge in [0, 0.05) is 17.8 Å². The van der Waals surface area contributed by atoms with Crippen molar-refractivity contribution in [2.24, 2.45) is 0 Å². The molecule has 1 amide bonds. The van der Waals surface area contributed by atoms with E-state index in [1.165, 1.54) is 6.07 Å². The van der Waals surface area contributed by atoms with Gasteiger partial charge in [0.25, 0.3) is 11.9 Å². The van der Waals surface area contributed by atoms with Crippen LogP contribution < -0.4 is 10.0 Å². The maximum Gasteiger partial charge on any atom is 0.416 e. The molecule has 0 aliphatic heterocycles. The lowest BCUT2D eigenvalue weighted by Gasteiger charge is -2.11. The van der Waals surface area contributed by atoms with Crippen molar-refractivity contribution < 1.29 is 22.4 Å². The zero-order chi connectivity index (χ0) is 17.9. The minimum Gasteiger partial charge on any atom is -0.431 e. The smallest absolute Gasteiger partial charge is 0.416 e. The predicted octanol–water partition coefficient (Wildman–Crippen LogP) is 3.60. The molecular formula is C14H15F3N4O2S. The van der Waals surface area contributed by atoms with Crippen LogP contribution in [0.15, 0.2) is 28.9 Å². The Bertz CT molecular complexity index is 731. The van der Waals surface area contributed by atoms with Gasteiger partial charge in [-0.05, 0) is 38.7 Å². The third-order valence-electron chi connectivity index (χ3n) is 2.86. The fourth-order valence-corrected chi connectivity index (χ4v) is 2.04. The minimum absolute atomic E-state index is 0.0106. The number of oxazole rings is 1. The van der Waals surface area contributed by atoms with Crippen LogP contribution in [-0.2, 0) is 6.18 Å². The Kier molecular flexibility index (Phi) is 5.40. The Labute approximate surface area is 140 Å². The van der Waals surface area contributed by atoms with Crippen molar-refractivity contribution in [2.75, 3.05) is 19.4 Å². The number of carbonyl (C=O) groups excluding carboxylic acids is 1. The SMILES string of the molecule is Cc1ccc(C(F)(F)F)cc1Nc1nc(C(=O)NSN(C)C)co1. The van der Waals surface area contributed by atoms with E-state index in [0.717, 1.165) is 30.5 Å². The van der Waals surface area contributed by atoms with Crippen LogP contribution in [0.2, 0.25) is 0 Å². The van der Waals surface area contributed by atoms with Crippen molar-refractivity contribution in [2.45, 2.75) is 13.1 Å². The van der Waals surface area contributed by atoms with E-state index >= 15 is 0 Å². The van der Waals surface area contributed by atoms with Crippen molar-refractivity contribution in [1.29, 1.82) is 0 Å². The number of alkyl halides is 3. The van der Waals surface area contributed by atoms with Gasteiger partial charge in [-0.1, -0.05) is 6.07 Å². The fraction of sp³-hybridized carbons (Fsp3) is 0.286. The highest BCUT2D eigenvalue weighted by atomic mass is 32.2. The number of benzene rings is 1. The first-order valence-electron chi connectivity index (χ1n) is 6.72. The van der Waals surface area contributed by atoms with Gasteiger partial charge in [-0.3, -0.25) is 9.52 Å². The Morgan fingerprint density at radius 3 is 2.67 bits per heavy atom. The summed E-state index contributed by atoms with van der Waals surface area (Å²) in [6.07, 6.45) is -3.33. The molecule has 0 aliphatic carbocycles. The molecule has 0 saturated carbocycles. The summed E-state index contributed by atoms with van der Waals surface area (Å²) in [5.74, 6) is -0.480. The third-order valence-corrected chi connectivity index (χ3v) is 3.51. The maximum atomic E-state index is 12.8. The highest BCUT2D eigenvalue weighted by molar-refractivity contribution is 7.95. The van der Waals surface area contributed by atoms with Crippen molar-refractivity contribution in [3.05, 3.63) is 41.3 Å². The van der Waals surface area contributed by atoms with E-state index in [9.17, 15) is 18.0 Å². The molecule has 1 heterocycles. The number of hydrogen-bond acceptors (Lipinski definition) is 6. The number of rotatable bonds is 5. The molecule has 0 saturated heterocycles. The summed E-state index contributed by atoms with van der Waals surface area (Å²) in [4.78, 5) is 15.7. The van der Waals surface area contributed by atoms with E-state index in [1.807, 2.05) is 0 Å². The van der Waals surface area contributed by atoms with Crippen LogP contribution in [0, 0.1) is 6.92 Å². The van der Waals surface area contributed by atoms with E-state index in [4.69, 9.17) is 4.42 Å². The molecule has 2 aromatic rings. The number of amides is 1. The fourth-order valence-electron chi connectivity index (χ4n) is 1.67. The molecule has 1 aromatic carbocycles. The topological polar surface area (TPSA) is 70.4 Å². The molecule has 24 heavy (non-hydrogen) atoms. The molecule has 0 radical (unpaired) electrons. The Balaban J connectivity index is 2.14. The molecule has 0 bridgehead atoms. The molecule has 0 fully saturated rings. The second-order valence-electron chi connectivity index (χ2n) is 5.03. The van der Waals surface area contributed by atoms with Gasteiger partial charge in [0.15, 0.2) is 5.69 Å². The maximum absolute atomic E-state index is 12.8. The van der Waals surface area contributed by atoms with E-state index in [2.05, 4.69) is 15.0 Å². The monoisotopic (exact) mass is 360 g/mol. The van der Waals surface area contributed by atoms with Crippen LogP contribution in [0.3, 0.4) is 0 Å². The van der Waals surface area contributed by atoms with E-state index in [1.54, 1.807) is 25.3 Å². The summed E-state index contributed by atoms with van der Waals surface area (Å²) in [5, 5.41) is 2.65. The van der Waals surface area contributed by atoms with Crippen LogP contribution in [0.4, 0.5) is 24.9 Å². The third kappa shape index (κ3) is 4.65. The first-order valence-corrected chi connectivity index (χ1v) is 7.49. The molecule has 0 aliphatic rings. The molecule has 2 rings (SSSR count). The number of carbonyl (C=O) groups is 1. The molecule has 0 spiro atoms. The quantitative estimate of drug-likeness (QED) is 0.794. The van der Waals surface area contributed by atoms with Gasteiger partial charge in [-0.15, -0.1) is 0 Å². The summed E-state index contributed by atoms with van der Waals surface area (Å²) in [6.45, 7) is 1.65. The summed E-state index contributed by atoms with van der Waals surface area (Å²) in [7, 11) is 3.49. The summed E-state index contributed by atoms with van der Waals surface area (Å²) in [5.41, 5.74) is -0.00403. The predicted molar refractivity (Wildman–Crippen MR) is 84.7 cm³/mol. The second kappa shape index (κ2) is 7.14. The van der Waals surface area contributed by atoms with Gasteiger partial charge < -0.3 is 9.73 Å². The summed E-state index contributed by atoms with van der Waals surface area (Å²) in [6, 6.07) is 3.22. The Morgan fingerprint density at radius 2 is 2.04 bits per heavy atom. The van der Waals surface area contributed by atoms with Gasteiger partial charge in [-0.25, -0.2) is 4.31 Å². The molecule has 2 N–H and O–H groups in total. The first-order chi connectivity index (χ1) is 11.2. The molecular weight excluding hydrogens is 345 g/mol. The molecule has 10 heteroatoms. The van der Waals surface area contributed by atoms with Gasteiger partial charge in [0.2, 0.25) is 0 Å². The van der Waals surface area contributed by atoms with Gasteiger partial charge in [-0.2, -0.15) is 18.2 Å². The molecule has 0 atom stereocenters. The summed E-state index contributed by atoms with van der Waals surface area (Å²) < 4.78 is 47.6. The molecule has 6 nitrogen and oxygen atoms in total.